The van der Waals surface area contributed by atoms with Crippen LogP contribution in [0.15, 0.2) is 37.3 Å². The molecule has 0 saturated carbocycles. The van der Waals surface area contributed by atoms with Crippen LogP contribution in [0.5, 0.6) is 0 Å². The van der Waals surface area contributed by atoms with Crippen LogP contribution in [0.3, 0.4) is 0 Å². The van der Waals surface area contributed by atoms with E-state index >= 15 is 0 Å². The first-order chi connectivity index (χ1) is 13.3. The Hall–Kier alpha value is -3.53. The molecule has 3 rings (SSSR count). The number of nitrogens with zero attached hydrogens (tertiary/aromatic N) is 5. The van der Waals surface area contributed by atoms with Gasteiger partial charge in [-0.3, -0.25) is 4.98 Å². The van der Waals surface area contributed by atoms with E-state index in [1.54, 1.807) is 18.6 Å². The molecule has 1 atom stereocenters. The number of pyridine rings is 2. The summed E-state index contributed by atoms with van der Waals surface area (Å²) in [5.74, 6) is -0.138. The van der Waals surface area contributed by atoms with Crippen LogP contribution in [0.2, 0.25) is 0 Å². The van der Waals surface area contributed by atoms with Crippen LogP contribution < -0.4 is 22.1 Å². The zero-order valence-electron chi connectivity index (χ0n) is 15.6. The highest BCUT2D eigenvalue weighted by Crippen LogP contribution is 2.27. The third kappa shape index (κ3) is 4.23. The van der Waals surface area contributed by atoms with E-state index in [2.05, 4.69) is 37.4 Å². The fourth-order valence-corrected chi connectivity index (χ4v) is 2.48. The van der Waals surface area contributed by atoms with Gasteiger partial charge >= 0.3 is 0 Å². The Kier molecular flexibility index (Phi) is 5.50. The minimum absolute atomic E-state index is 0.0684. The average Bonchev–Trinajstić information content (AvgIpc) is 3.17. The van der Waals surface area contributed by atoms with Crippen molar-refractivity contribution < 1.29 is 4.39 Å². The van der Waals surface area contributed by atoms with Crippen molar-refractivity contribution in [1.82, 2.24) is 25.0 Å². The molecule has 0 radical (unpaired) electrons. The normalized spacial score (nSPS) is 11.9. The molecule has 3 aromatic rings. The van der Waals surface area contributed by atoms with Gasteiger partial charge in [0.15, 0.2) is 11.6 Å². The highest BCUT2D eigenvalue weighted by atomic mass is 19.1. The maximum absolute atomic E-state index is 14.4. The number of aromatic nitrogens is 5. The molecule has 0 aliphatic heterocycles. The molecule has 0 saturated heterocycles. The van der Waals surface area contributed by atoms with Crippen molar-refractivity contribution in [2.45, 2.75) is 19.9 Å². The molecule has 3 aromatic heterocycles. The van der Waals surface area contributed by atoms with Gasteiger partial charge in [0.2, 0.25) is 0 Å². The second kappa shape index (κ2) is 8.01. The van der Waals surface area contributed by atoms with Crippen molar-refractivity contribution in [1.29, 1.82) is 0 Å². The highest BCUT2D eigenvalue weighted by Gasteiger charge is 2.15. The van der Waals surface area contributed by atoms with Gasteiger partial charge in [0.05, 0.1) is 30.0 Å². The Morgan fingerprint density at radius 2 is 2.00 bits per heavy atom. The second-order valence-electron chi connectivity index (χ2n) is 6.37. The van der Waals surface area contributed by atoms with E-state index in [1.165, 1.54) is 10.9 Å². The summed E-state index contributed by atoms with van der Waals surface area (Å²) in [6.45, 7) is 7.72. The van der Waals surface area contributed by atoms with E-state index in [0.29, 0.717) is 29.3 Å². The summed E-state index contributed by atoms with van der Waals surface area (Å²) in [7, 11) is 0. The van der Waals surface area contributed by atoms with Crippen LogP contribution in [-0.4, -0.2) is 37.5 Å². The highest BCUT2D eigenvalue weighted by molar-refractivity contribution is 5.76. The van der Waals surface area contributed by atoms with Gasteiger partial charge in [-0.1, -0.05) is 6.58 Å². The topological polar surface area (TPSA) is 133 Å². The smallest absolute Gasteiger partial charge is 0.166 e. The fourth-order valence-electron chi connectivity index (χ4n) is 2.48. The van der Waals surface area contributed by atoms with Crippen molar-refractivity contribution in [2.24, 2.45) is 11.5 Å². The van der Waals surface area contributed by atoms with Gasteiger partial charge in [-0.25, -0.2) is 9.37 Å². The van der Waals surface area contributed by atoms with Crippen LogP contribution in [0.1, 0.15) is 18.2 Å². The molecule has 0 fully saturated rings. The van der Waals surface area contributed by atoms with E-state index in [-0.39, 0.29) is 17.6 Å². The fraction of sp³-hybridized carbons (Fsp3) is 0.222. The van der Waals surface area contributed by atoms with Crippen molar-refractivity contribution in [2.75, 3.05) is 17.2 Å². The zero-order chi connectivity index (χ0) is 20.3. The van der Waals surface area contributed by atoms with Crippen molar-refractivity contribution in [3.63, 3.8) is 0 Å². The molecule has 0 aliphatic rings. The predicted molar refractivity (Wildman–Crippen MR) is 107 cm³/mol. The number of nitrogens with one attached hydrogen (secondary N) is 2. The molecule has 146 valence electrons. The SMILES string of the molecule is C=C(N)c1cc(F)c(NC[C@H](C)N)nc1Nc1cnc(C)c(-n2nccn2)c1. The van der Waals surface area contributed by atoms with Crippen LogP contribution >= 0.6 is 0 Å². The predicted octanol–water partition coefficient (Wildman–Crippen LogP) is 1.94. The van der Waals surface area contributed by atoms with Gasteiger partial charge in [0.1, 0.15) is 11.5 Å². The largest absolute Gasteiger partial charge is 0.399 e. The molecule has 0 unspecified atom stereocenters. The number of rotatable bonds is 7. The number of hydrogen-bond acceptors (Lipinski definition) is 8. The van der Waals surface area contributed by atoms with Crippen molar-refractivity contribution in [3.8, 4) is 5.69 Å². The maximum atomic E-state index is 14.4. The lowest BCUT2D eigenvalue weighted by Gasteiger charge is -2.16. The molecule has 28 heavy (non-hydrogen) atoms. The maximum Gasteiger partial charge on any atom is 0.166 e. The molecule has 3 heterocycles. The summed E-state index contributed by atoms with van der Waals surface area (Å²) in [4.78, 5) is 10.1. The Labute approximate surface area is 161 Å². The molecule has 9 nitrogen and oxygen atoms in total. The van der Waals surface area contributed by atoms with Crippen LogP contribution in [0.25, 0.3) is 11.4 Å². The van der Waals surface area contributed by atoms with Gasteiger partial charge in [0, 0.05) is 23.8 Å². The summed E-state index contributed by atoms with van der Waals surface area (Å²) in [6, 6.07) is 2.93. The molecule has 0 aromatic carbocycles. The van der Waals surface area contributed by atoms with Gasteiger partial charge in [-0.2, -0.15) is 10.2 Å². The first-order valence-corrected chi connectivity index (χ1v) is 8.60. The summed E-state index contributed by atoms with van der Waals surface area (Å²) < 4.78 is 14.4. The standard InChI is InChI=1S/C18H22FN9/c1-10(20)8-23-18-15(19)7-14(11(2)21)17(27-18)26-13-6-16(12(3)22-9-13)28-24-4-5-25-28/h4-7,9-10H,2,8,20-21H2,1,3H3,(H2,23,26,27)/t10-/m0/s1. The number of hydrogen-bond donors (Lipinski definition) is 4. The third-order valence-electron chi connectivity index (χ3n) is 3.87. The van der Waals surface area contributed by atoms with E-state index in [4.69, 9.17) is 11.5 Å². The number of halogens is 1. The number of nitrogens with two attached hydrogens (primary N) is 2. The van der Waals surface area contributed by atoms with Crippen molar-refractivity contribution in [3.05, 3.63) is 54.4 Å². The summed E-state index contributed by atoms with van der Waals surface area (Å²) in [5, 5.41) is 14.3. The van der Waals surface area contributed by atoms with E-state index in [0.717, 1.165) is 5.69 Å². The molecule has 10 heteroatoms. The number of anilines is 3. The lowest BCUT2D eigenvalue weighted by atomic mass is 10.2. The lowest BCUT2D eigenvalue weighted by molar-refractivity contribution is 0.622. The molecular formula is C18H22FN9. The first kappa shape index (κ1) is 19.2. The Balaban J connectivity index is 1.97. The Morgan fingerprint density at radius 1 is 1.29 bits per heavy atom. The van der Waals surface area contributed by atoms with Crippen molar-refractivity contribution >= 4 is 23.0 Å². The van der Waals surface area contributed by atoms with Gasteiger partial charge < -0.3 is 22.1 Å². The molecule has 0 amide bonds. The van der Waals surface area contributed by atoms with E-state index in [9.17, 15) is 4.39 Å². The quantitative estimate of drug-likeness (QED) is 0.486. The number of aryl methyl sites for hydroxylation is 1. The average molecular weight is 383 g/mol. The molecule has 6 N–H and O–H groups in total. The van der Waals surface area contributed by atoms with Gasteiger partial charge in [-0.05, 0) is 26.0 Å². The minimum atomic E-state index is -0.545. The second-order valence-corrected chi connectivity index (χ2v) is 6.37. The third-order valence-corrected chi connectivity index (χ3v) is 3.87. The Bertz CT molecular complexity index is 983. The molecule has 0 spiro atoms. The van der Waals surface area contributed by atoms with Crippen LogP contribution in [-0.2, 0) is 0 Å². The lowest BCUT2D eigenvalue weighted by Crippen LogP contribution is -2.26. The molecule has 0 bridgehead atoms. The Morgan fingerprint density at radius 3 is 2.64 bits per heavy atom. The van der Waals surface area contributed by atoms with Gasteiger partial charge in [-0.15, -0.1) is 4.80 Å². The monoisotopic (exact) mass is 383 g/mol. The van der Waals surface area contributed by atoms with Gasteiger partial charge in [0.25, 0.3) is 0 Å². The molecule has 0 aliphatic carbocycles. The van der Waals surface area contributed by atoms with E-state index in [1.807, 2.05) is 19.9 Å². The zero-order valence-corrected chi connectivity index (χ0v) is 15.6. The van der Waals surface area contributed by atoms with Crippen LogP contribution in [0.4, 0.5) is 21.7 Å². The summed E-state index contributed by atoms with van der Waals surface area (Å²) in [6.07, 6.45) is 4.79. The molecular weight excluding hydrogens is 361 g/mol. The van der Waals surface area contributed by atoms with E-state index < -0.39 is 5.82 Å². The minimum Gasteiger partial charge on any atom is -0.399 e. The summed E-state index contributed by atoms with van der Waals surface area (Å²) >= 11 is 0. The summed E-state index contributed by atoms with van der Waals surface area (Å²) in [5.41, 5.74) is 14.1. The van der Waals surface area contributed by atoms with Crippen LogP contribution in [0, 0.1) is 12.7 Å². The first-order valence-electron chi connectivity index (χ1n) is 8.60.